The predicted molar refractivity (Wildman–Crippen MR) is 85.1 cm³/mol. The summed E-state index contributed by atoms with van der Waals surface area (Å²) in [5.41, 5.74) is 3.41. The Bertz CT molecular complexity index is 657. The normalized spacial score (nSPS) is 18.5. The molecule has 0 N–H and O–H groups in total. The predicted octanol–water partition coefficient (Wildman–Crippen LogP) is 5.40. The molecule has 0 saturated heterocycles. The maximum absolute atomic E-state index is 13.3. The van der Waals surface area contributed by atoms with Crippen molar-refractivity contribution in [2.75, 3.05) is 0 Å². The van der Waals surface area contributed by atoms with Crippen molar-refractivity contribution in [3.05, 3.63) is 63.4 Å². The van der Waals surface area contributed by atoms with E-state index in [-0.39, 0.29) is 16.7 Å². The number of alkyl halides is 1. The fourth-order valence-corrected chi connectivity index (χ4v) is 3.43. The molecule has 1 aliphatic heterocycles. The molecule has 0 bridgehead atoms. The van der Waals surface area contributed by atoms with Crippen molar-refractivity contribution < 1.29 is 9.13 Å². The molecule has 1 nitrogen and oxygen atoms in total. The highest BCUT2D eigenvalue weighted by atomic mass is 79.9. The molecule has 20 heavy (non-hydrogen) atoms. The summed E-state index contributed by atoms with van der Waals surface area (Å²) in [4.78, 5) is 0.0422. The van der Waals surface area contributed by atoms with Crippen molar-refractivity contribution in [1.29, 1.82) is 0 Å². The molecular weight excluding hydrogens is 387 g/mol. The van der Waals surface area contributed by atoms with Crippen LogP contribution in [0.25, 0.3) is 0 Å². The first-order valence-corrected chi connectivity index (χ1v) is 8.14. The van der Waals surface area contributed by atoms with Crippen LogP contribution >= 0.6 is 31.9 Å². The summed E-state index contributed by atoms with van der Waals surface area (Å²) in [7, 11) is 0. The zero-order chi connectivity index (χ0) is 14.3. The van der Waals surface area contributed by atoms with Crippen LogP contribution in [0, 0.1) is 5.82 Å². The summed E-state index contributed by atoms with van der Waals surface area (Å²) in [5, 5.41) is 0. The van der Waals surface area contributed by atoms with Gasteiger partial charge in [0.2, 0.25) is 0 Å². The van der Waals surface area contributed by atoms with E-state index in [2.05, 4.69) is 44.8 Å². The van der Waals surface area contributed by atoms with Crippen LogP contribution in [0.1, 0.15) is 28.4 Å². The number of rotatable bonds is 2. The average molecular weight is 400 g/mol. The summed E-state index contributed by atoms with van der Waals surface area (Å²) in [6.45, 7) is 2.07. The molecule has 2 unspecified atom stereocenters. The molecule has 2 aromatic carbocycles. The molecule has 104 valence electrons. The standard InChI is InChI=1S/C16H13Br2FO/c1-9-6-12-7-10(3-5-15(12)20-9)16(18)11-2-4-14(19)13(17)8-11/h2-5,7-9,16H,6H2,1H3. The molecule has 4 heteroatoms. The number of benzene rings is 2. The Balaban J connectivity index is 1.93. The molecule has 0 amide bonds. The average Bonchev–Trinajstić information content (AvgIpc) is 2.80. The van der Waals surface area contributed by atoms with Crippen molar-refractivity contribution in [1.82, 2.24) is 0 Å². The highest BCUT2D eigenvalue weighted by Gasteiger charge is 2.21. The van der Waals surface area contributed by atoms with Gasteiger partial charge in [0, 0.05) is 6.42 Å². The van der Waals surface area contributed by atoms with Crippen LogP contribution in [-0.2, 0) is 6.42 Å². The van der Waals surface area contributed by atoms with Gasteiger partial charge in [-0.3, -0.25) is 0 Å². The number of hydrogen-bond donors (Lipinski definition) is 0. The molecule has 0 radical (unpaired) electrons. The van der Waals surface area contributed by atoms with Gasteiger partial charge >= 0.3 is 0 Å². The lowest BCUT2D eigenvalue weighted by Gasteiger charge is -2.12. The van der Waals surface area contributed by atoms with Gasteiger partial charge in [-0.1, -0.05) is 34.1 Å². The van der Waals surface area contributed by atoms with Gasteiger partial charge in [-0.05, 0) is 57.7 Å². The van der Waals surface area contributed by atoms with E-state index in [1.54, 1.807) is 12.1 Å². The third-order valence-corrected chi connectivity index (χ3v) is 5.11. The highest BCUT2D eigenvalue weighted by molar-refractivity contribution is 9.10. The second-order valence-electron chi connectivity index (χ2n) is 5.04. The minimum Gasteiger partial charge on any atom is -0.490 e. The van der Waals surface area contributed by atoms with E-state index in [9.17, 15) is 4.39 Å². The third kappa shape index (κ3) is 2.63. The SMILES string of the molecule is CC1Cc2cc(C(Br)c3ccc(F)c(Br)c3)ccc2O1. The van der Waals surface area contributed by atoms with Gasteiger partial charge in [0.05, 0.1) is 9.30 Å². The molecule has 0 fully saturated rings. The summed E-state index contributed by atoms with van der Waals surface area (Å²) in [6, 6.07) is 11.3. The molecule has 2 aromatic rings. The van der Waals surface area contributed by atoms with E-state index in [4.69, 9.17) is 4.74 Å². The highest BCUT2D eigenvalue weighted by Crippen LogP contribution is 2.37. The van der Waals surface area contributed by atoms with Crippen LogP contribution in [-0.4, -0.2) is 6.10 Å². The first-order valence-electron chi connectivity index (χ1n) is 6.43. The topological polar surface area (TPSA) is 9.23 Å². The molecular formula is C16H13Br2FO. The molecule has 1 aliphatic rings. The summed E-state index contributed by atoms with van der Waals surface area (Å²) in [6.07, 6.45) is 1.18. The number of hydrogen-bond acceptors (Lipinski definition) is 1. The van der Waals surface area contributed by atoms with E-state index in [1.807, 2.05) is 12.1 Å². The number of fused-ring (bicyclic) bond motifs is 1. The maximum atomic E-state index is 13.3. The van der Waals surface area contributed by atoms with Gasteiger partial charge in [-0.2, -0.15) is 0 Å². The Hall–Kier alpha value is -0.870. The minimum absolute atomic E-state index is 0.0422. The van der Waals surface area contributed by atoms with Gasteiger partial charge in [0.25, 0.3) is 0 Å². The van der Waals surface area contributed by atoms with Gasteiger partial charge in [0.1, 0.15) is 17.7 Å². The van der Waals surface area contributed by atoms with Crippen molar-refractivity contribution in [2.45, 2.75) is 24.3 Å². The Morgan fingerprint density at radius 2 is 1.90 bits per heavy atom. The molecule has 0 aliphatic carbocycles. The van der Waals surface area contributed by atoms with E-state index >= 15 is 0 Å². The number of ether oxygens (including phenoxy) is 1. The van der Waals surface area contributed by atoms with Crippen LogP contribution in [0.4, 0.5) is 4.39 Å². The third-order valence-electron chi connectivity index (χ3n) is 3.45. The van der Waals surface area contributed by atoms with Crippen LogP contribution in [0.5, 0.6) is 5.75 Å². The number of halogens is 3. The summed E-state index contributed by atoms with van der Waals surface area (Å²) < 4.78 is 19.5. The Labute approximate surface area is 134 Å². The van der Waals surface area contributed by atoms with Crippen LogP contribution in [0.2, 0.25) is 0 Å². The van der Waals surface area contributed by atoms with E-state index in [1.165, 1.54) is 11.6 Å². The van der Waals surface area contributed by atoms with E-state index in [0.717, 1.165) is 23.3 Å². The monoisotopic (exact) mass is 398 g/mol. The quantitative estimate of drug-likeness (QED) is 0.614. The smallest absolute Gasteiger partial charge is 0.137 e. The first-order chi connectivity index (χ1) is 9.54. The van der Waals surface area contributed by atoms with E-state index in [0.29, 0.717) is 4.47 Å². The fraction of sp³-hybridized carbons (Fsp3) is 0.250. The van der Waals surface area contributed by atoms with Gasteiger partial charge in [-0.15, -0.1) is 0 Å². The molecule has 0 saturated carbocycles. The van der Waals surface area contributed by atoms with Crippen LogP contribution in [0.3, 0.4) is 0 Å². The second-order valence-corrected chi connectivity index (χ2v) is 6.81. The van der Waals surface area contributed by atoms with Crippen LogP contribution < -0.4 is 4.74 Å². The first kappa shape index (κ1) is 14.1. The zero-order valence-electron chi connectivity index (χ0n) is 10.9. The van der Waals surface area contributed by atoms with Crippen molar-refractivity contribution in [3.8, 4) is 5.75 Å². The molecule has 0 spiro atoms. The van der Waals surface area contributed by atoms with Gasteiger partial charge < -0.3 is 4.74 Å². The van der Waals surface area contributed by atoms with Crippen molar-refractivity contribution in [2.24, 2.45) is 0 Å². The van der Waals surface area contributed by atoms with Gasteiger partial charge in [-0.25, -0.2) is 4.39 Å². The summed E-state index contributed by atoms with van der Waals surface area (Å²) >= 11 is 6.92. The molecule has 1 heterocycles. The Morgan fingerprint density at radius 3 is 2.65 bits per heavy atom. The molecule has 2 atom stereocenters. The lowest BCUT2D eigenvalue weighted by atomic mass is 10.0. The summed E-state index contributed by atoms with van der Waals surface area (Å²) in [5.74, 6) is 0.728. The minimum atomic E-state index is -0.246. The molecule has 3 rings (SSSR count). The second kappa shape index (κ2) is 5.49. The lowest BCUT2D eigenvalue weighted by molar-refractivity contribution is 0.254. The van der Waals surface area contributed by atoms with Crippen molar-refractivity contribution in [3.63, 3.8) is 0 Å². The molecule has 0 aromatic heterocycles. The fourth-order valence-electron chi connectivity index (χ4n) is 2.46. The van der Waals surface area contributed by atoms with Gasteiger partial charge in [0.15, 0.2) is 0 Å². The Kier molecular flexibility index (Phi) is 3.87. The van der Waals surface area contributed by atoms with E-state index < -0.39 is 0 Å². The van der Waals surface area contributed by atoms with Crippen LogP contribution in [0.15, 0.2) is 40.9 Å². The Morgan fingerprint density at radius 1 is 1.20 bits per heavy atom. The zero-order valence-corrected chi connectivity index (χ0v) is 14.0. The lowest BCUT2D eigenvalue weighted by Crippen LogP contribution is -2.05. The largest absolute Gasteiger partial charge is 0.490 e. The van der Waals surface area contributed by atoms with Crippen molar-refractivity contribution >= 4 is 31.9 Å². The maximum Gasteiger partial charge on any atom is 0.137 e.